The fourth-order valence-corrected chi connectivity index (χ4v) is 1.31. The molecule has 1 rings (SSSR count). The summed E-state index contributed by atoms with van der Waals surface area (Å²) < 4.78 is 53.8. The molecule has 1 aromatic carbocycles. The van der Waals surface area contributed by atoms with E-state index < -0.39 is 19.0 Å². The molecule has 0 unspecified atom stereocenters. The van der Waals surface area contributed by atoms with Gasteiger partial charge in [0.15, 0.2) is 6.61 Å². The minimum Gasteiger partial charge on any atom is -0.487 e. The Hall–Kier alpha value is -0.530. The topological polar surface area (TPSA) is 9.23 Å². The Morgan fingerprint density at radius 2 is 2.00 bits per heavy atom. The van der Waals surface area contributed by atoms with Gasteiger partial charge in [0.25, 0.3) is 0 Å². The van der Waals surface area contributed by atoms with E-state index in [-0.39, 0.29) is 5.75 Å². The summed E-state index contributed by atoms with van der Waals surface area (Å²) in [7, 11) is 0. The SMILES string of the molecule is FC(F)C(F)(F)COc1cccc(I)c1. The van der Waals surface area contributed by atoms with E-state index in [4.69, 9.17) is 0 Å². The second-order valence-corrected chi connectivity index (χ2v) is 4.05. The van der Waals surface area contributed by atoms with Crippen molar-refractivity contribution in [2.24, 2.45) is 0 Å². The summed E-state index contributed by atoms with van der Waals surface area (Å²) in [6.45, 7) is -1.31. The zero-order valence-electron chi connectivity index (χ0n) is 7.39. The second kappa shape index (κ2) is 5.00. The summed E-state index contributed by atoms with van der Waals surface area (Å²) in [6, 6.07) is 6.25. The fourth-order valence-electron chi connectivity index (χ4n) is 0.799. The Morgan fingerprint density at radius 3 is 2.53 bits per heavy atom. The van der Waals surface area contributed by atoms with Gasteiger partial charge in [0.1, 0.15) is 5.75 Å². The van der Waals surface area contributed by atoms with Crippen molar-refractivity contribution < 1.29 is 22.3 Å². The minimum absolute atomic E-state index is 0.155. The zero-order chi connectivity index (χ0) is 11.5. The van der Waals surface area contributed by atoms with Crippen LogP contribution in [-0.4, -0.2) is 19.0 Å². The van der Waals surface area contributed by atoms with Crippen molar-refractivity contribution in [2.75, 3.05) is 6.61 Å². The first-order valence-electron chi connectivity index (χ1n) is 3.96. The summed E-state index contributed by atoms with van der Waals surface area (Å²) in [5.74, 6) is -3.96. The van der Waals surface area contributed by atoms with Crippen LogP contribution in [0.2, 0.25) is 0 Å². The van der Waals surface area contributed by atoms with E-state index in [1.807, 2.05) is 22.6 Å². The van der Waals surface area contributed by atoms with Crippen molar-refractivity contribution in [2.45, 2.75) is 12.3 Å². The lowest BCUT2D eigenvalue weighted by molar-refractivity contribution is -0.148. The highest BCUT2D eigenvalue weighted by Gasteiger charge is 2.41. The van der Waals surface area contributed by atoms with Gasteiger partial charge in [0.05, 0.1) is 0 Å². The van der Waals surface area contributed by atoms with Gasteiger partial charge in [-0.3, -0.25) is 0 Å². The highest BCUT2D eigenvalue weighted by molar-refractivity contribution is 14.1. The van der Waals surface area contributed by atoms with Crippen molar-refractivity contribution in [3.8, 4) is 5.75 Å². The van der Waals surface area contributed by atoms with E-state index in [1.165, 1.54) is 12.1 Å². The average Bonchev–Trinajstić information content (AvgIpc) is 2.15. The Kier molecular flexibility index (Phi) is 4.18. The lowest BCUT2D eigenvalue weighted by atomic mass is 10.3. The molecular formula is C9H7F4IO. The number of hydrogen-bond donors (Lipinski definition) is 0. The lowest BCUT2D eigenvalue weighted by Crippen LogP contribution is -2.33. The van der Waals surface area contributed by atoms with Gasteiger partial charge < -0.3 is 4.74 Å². The van der Waals surface area contributed by atoms with Gasteiger partial charge >= 0.3 is 12.3 Å². The predicted molar refractivity (Wildman–Crippen MR) is 55.6 cm³/mol. The third-order valence-electron chi connectivity index (χ3n) is 1.55. The molecule has 0 aliphatic rings. The number of hydrogen-bond acceptors (Lipinski definition) is 1. The van der Waals surface area contributed by atoms with Crippen LogP contribution in [0.4, 0.5) is 17.6 Å². The van der Waals surface area contributed by atoms with Gasteiger partial charge in [-0.25, -0.2) is 8.78 Å². The largest absolute Gasteiger partial charge is 0.487 e. The number of halogens is 5. The average molecular weight is 334 g/mol. The van der Waals surface area contributed by atoms with E-state index in [0.29, 0.717) is 0 Å². The smallest absolute Gasteiger partial charge is 0.340 e. The molecule has 0 saturated heterocycles. The molecular weight excluding hydrogens is 327 g/mol. The molecule has 0 saturated carbocycles. The van der Waals surface area contributed by atoms with Crippen molar-refractivity contribution in [3.05, 3.63) is 27.8 Å². The van der Waals surface area contributed by atoms with Gasteiger partial charge in [-0.1, -0.05) is 6.07 Å². The van der Waals surface area contributed by atoms with Gasteiger partial charge in [-0.15, -0.1) is 0 Å². The zero-order valence-corrected chi connectivity index (χ0v) is 9.55. The van der Waals surface area contributed by atoms with Crippen LogP contribution in [0.5, 0.6) is 5.75 Å². The standard InChI is InChI=1S/C9H7F4IO/c10-8(11)9(12,13)5-15-7-3-1-2-6(14)4-7/h1-4,8H,5H2. The summed E-state index contributed by atoms with van der Waals surface area (Å²) in [4.78, 5) is 0. The predicted octanol–water partition coefficient (Wildman–Crippen LogP) is 3.57. The van der Waals surface area contributed by atoms with E-state index in [2.05, 4.69) is 4.74 Å². The highest BCUT2D eigenvalue weighted by atomic mass is 127. The Labute approximate surface area is 97.6 Å². The molecule has 0 N–H and O–H groups in total. The van der Waals surface area contributed by atoms with Crippen LogP contribution in [-0.2, 0) is 0 Å². The van der Waals surface area contributed by atoms with Crippen molar-refractivity contribution in [1.29, 1.82) is 0 Å². The molecule has 0 aromatic heterocycles. The third-order valence-corrected chi connectivity index (χ3v) is 2.22. The third kappa shape index (κ3) is 3.84. The number of alkyl halides is 4. The van der Waals surface area contributed by atoms with Gasteiger partial charge in [0, 0.05) is 3.57 Å². The van der Waals surface area contributed by atoms with E-state index in [1.54, 1.807) is 12.1 Å². The molecule has 1 aromatic rings. The first-order valence-corrected chi connectivity index (χ1v) is 5.04. The van der Waals surface area contributed by atoms with E-state index in [9.17, 15) is 17.6 Å². The molecule has 0 heterocycles. The molecule has 0 aliphatic heterocycles. The first kappa shape index (κ1) is 12.5. The second-order valence-electron chi connectivity index (χ2n) is 2.81. The molecule has 0 aliphatic carbocycles. The first-order chi connectivity index (χ1) is 6.92. The molecule has 0 spiro atoms. The van der Waals surface area contributed by atoms with Crippen molar-refractivity contribution in [1.82, 2.24) is 0 Å². The minimum atomic E-state index is -4.11. The van der Waals surface area contributed by atoms with Gasteiger partial charge in [-0.05, 0) is 40.8 Å². The summed E-state index contributed by atoms with van der Waals surface area (Å²) >= 11 is 1.96. The summed E-state index contributed by atoms with van der Waals surface area (Å²) in [5, 5.41) is 0. The van der Waals surface area contributed by atoms with Crippen LogP contribution < -0.4 is 4.74 Å². The molecule has 6 heteroatoms. The molecule has 1 nitrogen and oxygen atoms in total. The molecule has 0 fully saturated rings. The van der Waals surface area contributed by atoms with Crippen LogP contribution in [0.1, 0.15) is 0 Å². The maximum atomic E-state index is 12.5. The maximum absolute atomic E-state index is 12.5. The Morgan fingerprint density at radius 1 is 1.33 bits per heavy atom. The number of rotatable bonds is 4. The van der Waals surface area contributed by atoms with Gasteiger partial charge in [0.2, 0.25) is 0 Å². The van der Waals surface area contributed by atoms with Crippen molar-refractivity contribution in [3.63, 3.8) is 0 Å². The Balaban J connectivity index is 2.57. The molecule has 15 heavy (non-hydrogen) atoms. The highest BCUT2D eigenvalue weighted by Crippen LogP contribution is 2.24. The molecule has 0 amide bonds. The van der Waals surface area contributed by atoms with Crippen LogP contribution in [0.25, 0.3) is 0 Å². The van der Waals surface area contributed by atoms with Crippen LogP contribution in [0, 0.1) is 3.57 Å². The summed E-state index contributed by atoms with van der Waals surface area (Å²) in [6.07, 6.45) is -3.71. The van der Waals surface area contributed by atoms with Gasteiger partial charge in [-0.2, -0.15) is 8.78 Å². The van der Waals surface area contributed by atoms with Crippen LogP contribution >= 0.6 is 22.6 Å². The lowest BCUT2D eigenvalue weighted by Gasteiger charge is -2.15. The molecule has 84 valence electrons. The van der Waals surface area contributed by atoms with Crippen molar-refractivity contribution >= 4 is 22.6 Å². The molecule has 0 atom stereocenters. The maximum Gasteiger partial charge on any atom is 0.340 e. The van der Waals surface area contributed by atoms with E-state index >= 15 is 0 Å². The quantitative estimate of drug-likeness (QED) is 0.604. The number of benzene rings is 1. The Bertz CT molecular complexity index is 330. The van der Waals surface area contributed by atoms with Crippen LogP contribution in [0.15, 0.2) is 24.3 Å². The number of ether oxygens (including phenoxy) is 1. The molecule has 0 bridgehead atoms. The summed E-state index contributed by atoms with van der Waals surface area (Å²) in [5.41, 5.74) is 0. The van der Waals surface area contributed by atoms with E-state index in [0.717, 1.165) is 3.57 Å². The van der Waals surface area contributed by atoms with Crippen LogP contribution in [0.3, 0.4) is 0 Å². The monoisotopic (exact) mass is 334 g/mol. The molecule has 0 radical (unpaired) electrons. The normalized spacial score (nSPS) is 11.9. The fraction of sp³-hybridized carbons (Fsp3) is 0.333.